The number of carbonyl (C=O) groups excluding carboxylic acids is 1. The van der Waals surface area contributed by atoms with Crippen LogP contribution in [0.25, 0.3) is 0 Å². The van der Waals surface area contributed by atoms with Gasteiger partial charge in [-0.15, -0.1) is 0 Å². The molecule has 2 fully saturated rings. The highest BCUT2D eigenvalue weighted by Crippen LogP contribution is 2.47. The Morgan fingerprint density at radius 1 is 1.06 bits per heavy atom. The van der Waals surface area contributed by atoms with E-state index in [4.69, 9.17) is 14.5 Å². The van der Waals surface area contributed by atoms with Crippen LogP contribution < -0.4 is 0 Å². The molecule has 8 heteroatoms. The molecule has 1 saturated carbocycles. The number of ether oxygens (including phenoxy) is 1. The molecule has 4 rings (SSSR count). The summed E-state index contributed by atoms with van der Waals surface area (Å²) < 4.78 is 31.6. The van der Waals surface area contributed by atoms with Crippen molar-refractivity contribution in [3.63, 3.8) is 0 Å². The standard InChI is InChI=1S/C23H26O7S/c1-22(15-31(26,27)18-11-7-4-8-12-18)17-13-19(23(2,25)20(14-17)29-30-22)28-21(24)16-9-5-3-6-10-16/h3-12,17,19-20,25H,13-15H2,1-2H3/t17?,19-,20?,22-,23?/m1/s1. The normalized spacial score (nSPS) is 32.9. The first-order chi connectivity index (χ1) is 14.6. The van der Waals surface area contributed by atoms with Crippen LogP contribution >= 0.6 is 0 Å². The second-order valence-corrected chi connectivity index (χ2v) is 10.7. The van der Waals surface area contributed by atoms with E-state index in [1.54, 1.807) is 74.5 Å². The van der Waals surface area contributed by atoms with Gasteiger partial charge in [-0.05, 0) is 56.9 Å². The second-order valence-electron chi connectivity index (χ2n) is 8.71. The maximum absolute atomic E-state index is 13.0. The SMILES string of the molecule is CC1(O)C2CC(C[C@H]1OC(=O)c1ccccc1)[C@@](C)(CS(=O)(=O)c1ccccc1)OO2. The lowest BCUT2D eigenvalue weighted by Crippen LogP contribution is -2.64. The van der Waals surface area contributed by atoms with E-state index in [1.807, 2.05) is 0 Å². The monoisotopic (exact) mass is 446 g/mol. The van der Waals surface area contributed by atoms with Gasteiger partial charge in [0, 0.05) is 0 Å². The lowest BCUT2D eigenvalue weighted by atomic mass is 9.69. The molecule has 1 aliphatic heterocycles. The van der Waals surface area contributed by atoms with E-state index in [9.17, 15) is 18.3 Å². The molecule has 0 radical (unpaired) electrons. The zero-order valence-electron chi connectivity index (χ0n) is 17.4. The molecule has 5 atom stereocenters. The van der Waals surface area contributed by atoms with Crippen LogP contribution in [0.1, 0.15) is 37.0 Å². The number of rotatable bonds is 5. The predicted molar refractivity (Wildman–Crippen MR) is 112 cm³/mol. The summed E-state index contributed by atoms with van der Waals surface area (Å²) in [7, 11) is -3.64. The van der Waals surface area contributed by atoms with Gasteiger partial charge < -0.3 is 9.84 Å². The molecule has 3 unspecified atom stereocenters. The molecule has 7 nitrogen and oxygen atoms in total. The summed E-state index contributed by atoms with van der Waals surface area (Å²) >= 11 is 0. The number of benzene rings is 2. The quantitative estimate of drug-likeness (QED) is 0.557. The smallest absolute Gasteiger partial charge is 0.338 e. The van der Waals surface area contributed by atoms with Gasteiger partial charge in [0.15, 0.2) is 9.84 Å². The molecule has 0 amide bonds. The fourth-order valence-corrected chi connectivity index (χ4v) is 6.12. The Hall–Kier alpha value is -2.26. The average molecular weight is 447 g/mol. The summed E-state index contributed by atoms with van der Waals surface area (Å²) in [5.74, 6) is -1.13. The number of hydrogen-bond donors (Lipinski definition) is 1. The Balaban J connectivity index is 1.55. The molecule has 2 aromatic carbocycles. The zero-order chi connectivity index (χ0) is 22.3. The van der Waals surface area contributed by atoms with Crippen LogP contribution in [0.4, 0.5) is 0 Å². The predicted octanol–water partition coefficient (Wildman–Crippen LogP) is 2.94. The Morgan fingerprint density at radius 3 is 2.32 bits per heavy atom. The summed E-state index contributed by atoms with van der Waals surface area (Å²) in [5.41, 5.74) is -2.25. The van der Waals surface area contributed by atoms with Crippen LogP contribution in [0, 0.1) is 5.92 Å². The first-order valence-corrected chi connectivity index (χ1v) is 11.9. The molecule has 1 heterocycles. The highest BCUT2D eigenvalue weighted by Gasteiger charge is 2.58. The van der Waals surface area contributed by atoms with Gasteiger partial charge in [-0.2, -0.15) is 0 Å². The molecule has 0 aromatic heterocycles. The molecular weight excluding hydrogens is 420 g/mol. The minimum absolute atomic E-state index is 0.205. The molecule has 1 N–H and O–H groups in total. The van der Waals surface area contributed by atoms with Crippen molar-refractivity contribution in [1.29, 1.82) is 0 Å². The topological polar surface area (TPSA) is 99.1 Å². The minimum atomic E-state index is -3.64. The van der Waals surface area contributed by atoms with Crippen molar-refractivity contribution in [2.45, 2.75) is 55.0 Å². The van der Waals surface area contributed by atoms with Gasteiger partial charge in [0.05, 0.1) is 16.2 Å². The highest BCUT2D eigenvalue weighted by molar-refractivity contribution is 7.91. The van der Waals surface area contributed by atoms with Gasteiger partial charge in [0.2, 0.25) is 0 Å². The fraction of sp³-hybridized carbons (Fsp3) is 0.435. The lowest BCUT2D eigenvalue weighted by Gasteiger charge is -2.53. The van der Waals surface area contributed by atoms with Crippen molar-refractivity contribution in [1.82, 2.24) is 0 Å². The Bertz CT molecular complexity index is 1040. The van der Waals surface area contributed by atoms with Crippen molar-refractivity contribution >= 4 is 15.8 Å². The molecule has 1 aliphatic carbocycles. The zero-order valence-corrected chi connectivity index (χ0v) is 18.2. The number of hydrogen-bond acceptors (Lipinski definition) is 7. The summed E-state index contributed by atoms with van der Waals surface area (Å²) in [4.78, 5) is 23.9. The fourth-order valence-electron chi connectivity index (χ4n) is 4.34. The Kier molecular flexibility index (Phi) is 5.68. The van der Waals surface area contributed by atoms with Crippen molar-refractivity contribution in [2.24, 2.45) is 5.92 Å². The maximum atomic E-state index is 13.0. The van der Waals surface area contributed by atoms with Crippen molar-refractivity contribution in [3.8, 4) is 0 Å². The average Bonchev–Trinajstić information content (AvgIpc) is 2.74. The number of esters is 1. The van der Waals surface area contributed by atoms with Gasteiger partial charge in [0.25, 0.3) is 0 Å². The van der Waals surface area contributed by atoms with Crippen molar-refractivity contribution in [2.75, 3.05) is 5.75 Å². The third-order valence-corrected chi connectivity index (χ3v) is 8.30. The molecule has 1 saturated heterocycles. The van der Waals surface area contributed by atoms with Crippen LogP contribution in [0.3, 0.4) is 0 Å². The van der Waals surface area contributed by atoms with Gasteiger partial charge in [-0.3, -0.25) is 0 Å². The molecule has 2 aromatic rings. The van der Waals surface area contributed by atoms with Crippen LogP contribution in [0.5, 0.6) is 0 Å². The van der Waals surface area contributed by atoms with Crippen molar-refractivity contribution in [3.05, 3.63) is 66.2 Å². The minimum Gasteiger partial charge on any atom is -0.456 e. The largest absolute Gasteiger partial charge is 0.456 e. The molecule has 0 spiro atoms. The Labute approximate surface area is 181 Å². The van der Waals surface area contributed by atoms with E-state index < -0.39 is 39.2 Å². The lowest BCUT2D eigenvalue weighted by molar-refractivity contribution is -0.448. The van der Waals surface area contributed by atoms with Crippen LogP contribution in [-0.2, 0) is 24.3 Å². The first kappa shape index (κ1) is 22.0. The van der Waals surface area contributed by atoms with Gasteiger partial charge in [-0.1, -0.05) is 36.4 Å². The molecular formula is C23H26O7S. The van der Waals surface area contributed by atoms with E-state index in [1.165, 1.54) is 0 Å². The molecule has 166 valence electrons. The second kappa shape index (κ2) is 8.02. The summed E-state index contributed by atoms with van der Waals surface area (Å²) in [5, 5.41) is 11.0. The highest BCUT2D eigenvalue weighted by atomic mass is 32.2. The van der Waals surface area contributed by atoms with E-state index in [0.29, 0.717) is 12.0 Å². The number of carbonyl (C=O) groups is 1. The molecule has 2 bridgehead atoms. The number of sulfone groups is 1. The van der Waals surface area contributed by atoms with Crippen molar-refractivity contribution < 1.29 is 32.8 Å². The third-order valence-electron chi connectivity index (χ3n) is 6.36. The van der Waals surface area contributed by atoms with Gasteiger partial charge in [0.1, 0.15) is 23.4 Å². The molecule has 31 heavy (non-hydrogen) atoms. The summed E-state index contributed by atoms with van der Waals surface area (Å²) in [6, 6.07) is 16.7. The third kappa shape index (κ3) is 4.25. The van der Waals surface area contributed by atoms with Crippen LogP contribution in [-0.4, -0.2) is 48.7 Å². The van der Waals surface area contributed by atoms with Gasteiger partial charge >= 0.3 is 5.97 Å². The summed E-state index contributed by atoms with van der Waals surface area (Å²) in [6.45, 7) is 3.23. The van der Waals surface area contributed by atoms with E-state index in [2.05, 4.69) is 0 Å². The van der Waals surface area contributed by atoms with E-state index in [-0.39, 0.29) is 23.0 Å². The number of fused-ring (bicyclic) bond motifs is 2. The van der Waals surface area contributed by atoms with Crippen LogP contribution in [0.15, 0.2) is 65.6 Å². The number of aliphatic hydroxyl groups is 1. The molecule has 2 aliphatic rings. The van der Waals surface area contributed by atoms with Crippen LogP contribution in [0.2, 0.25) is 0 Å². The van der Waals surface area contributed by atoms with Gasteiger partial charge in [-0.25, -0.2) is 23.0 Å². The van der Waals surface area contributed by atoms with E-state index in [0.717, 1.165) is 0 Å². The maximum Gasteiger partial charge on any atom is 0.338 e. The Morgan fingerprint density at radius 2 is 1.68 bits per heavy atom. The summed E-state index contributed by atoms with van der Waals surface area (Å²) in [6.07, 6.45) is -0.960. The first-order valence-electron chi connectivity index (χ1n) is 10.2. The van der Waals surface area contributed by atoms with E-state index >= 15 is 0 Å².